The Balaban J connectivity index is 1.18. The van der Waals surface area contributed by atoms with E-state index in [2.05, 4.69) is 34.5 Å². The minimum absolute atomic E-state index is 0.0660. The highest BCUT2D eigenvalue weighted by molar-refractivity contribution is 8.00. The van der Waals surface area contributed by atoms with Gasteiger partial charge in [0.25, 0.3) is 5.91 Å². The fourth-order valence-electron chi connectivity index (χ4n) is 4.75. The number of rotatable bonds is 7. The molecule has 36 heavy (non-hydrogen) atoms. The van der Waals surface area contributed by atoms with E-state index in [4.69, 9.17) is 11.6 Å². The predicted molar refractivity (Wildman–Crippen MR) is 147 cm³/mol. The van der Waals surface area contributed by atoms with Gasteiger partial charge in [0.05, 0.1) is 5.75 Å². The van der Waals surface area contributed by atoms with Gasteiger partial charge in [-0.15, -0.1) is 11.8 Å². The molecule has 0 aliphatic carbocycles. The summed E-state index contributed by atoms with van der Waals surface area (Å²) >= 11 is 7.61. The Kier molecular flexibility index (Phi) is 7.83. The van der Waals surface area contributed by atoms with Gasteiger partial charge in [-0.25, -0.2) is 0 Å². The lowest BCUT2D eigenvalue weighted by atomic mass is 10.1. The number of thioether (sulfide) groups is 1. The highest BCUT2D eigenvalue weighted by Crippen LogP contribution is 2.39. The van der Waals surface area contributed by atoms with Crippen molar-refractivity contribution in [2.75, 3.05) is 23.7 Å². The van der Waals surface area contributed by atoms with Crippen molar-refractivity contribution in [2.45, 2.75) is 37.7 Å². The van der Waals surface area contributed by atoms with Crippen molar-refractivity contribution < 1.29 is 9.59 Å². The summed E-state index contributed by atoms with van der Waals surface area (Å²) < 4.78 is 0. The highest BCUT2D eigenvalue weighted by atomic mass is 35.5. The molecule has 1 N–H and O–H groups in total. The molecule has 2 aliphatic heterocycles. The minimum atomic E-state index is -0.102. The van der Waals surface area contributed by atoms with Crippen molar-refractivity contribution >= 4 is 40.9 Å². The first kappa shape index (κ1) is 24.7. The largest absolute Gasteiger partial charge is 0.372 e. The first-order valence-electron chi connectivity index (χ1n) is 12.4. The molecule has 2 heterocycles. The van der Waals surface area contributed by atoms with Crippen LogP contribution in [0.3, 0.4) is 0 Å². The van der Waals surface area contributed by atoms with E-state index in [0.717, 1.165) is 29.8 Å². The summed E-state index contributed by atoms with van der Waals surface area (Å²) in [6.45, 7) is 3.27. The molecule has 0 bridgehead atoms. The van der Waals surface area contributed by atoms with Crippen molar-refractivity contribution in [3.05, 3.63) is 100 Å². The fraction of sp³-hybridized carbons (Fsp3) is 0.310. The summed E-state index contributed by atoms with van der Waals surface area (Å²) in [5.41, 5.74) is 5.01. The number of nitrogens with one attached hydrogen (secondary N) is 1. The molecule has 3 aromatic carbocycles. The first-order chi connectivity index (χ1) is 17.6. The summed E-state index contributed by atoms with van der Waals surface area (Å²) in [4.78, 5) is 29.6. The molecule has 2 amide bonds. The Bertz CT molecular complexity index is 1190. The van der Waals surface area contributed by atoms with Crippen LogP contribution < -0.4 is 10.2 Å². The fourth-order valence-corrected chi connectivity index (χ4v) is 6.06. The molecule has 0 aromatic heterocycles. The van der Waals surface area contributed by atoms with Crippen LogP contribution in [-0.2, 0) is 17.9 Å². The van der Waals surface area contributed by atoms with Gasteiger partial charge in [-0.3, -0.25) is 9.59 Å². The van der Waals surface area contributed by atoms with Gasteiger partial charge in [0, 0.05) is 42.5 Å². The second kappa shape index (κ2) is 11.4. The predicted octanol–water partition coefficient (Wildman–Crippen LogP) is 6.03. The molecule has 2 saturated heterocycles. The summed E-state index contributed by atoms with van der Waals surface area (Å²) in [6, 6.07) is 23.7. The van der Waals surface area contributed by atoms with Crippen molar-refractivity contribution in [3.63, 3.8) is 0 Å². The number of carbonyl (C=O) groups excluding carboxylic acids is 2. The Morgan fingerprint density at radius 2 is 1.56 bits per heavy atom. The number of anilines is 1. The summed E-state index contributed by atoms with van der Waals surface area (Å²) in [5.74, 6) is 0.472. The zero-order valence-electron chi connectivity index (χ0n) is 20.2. The van der Waals surface area contributed by atoms with E-state index in [1.807, 2.05) is 53.4 Å². The van der Waals surface area contributed by atoms with Crippen molar-refractivity contribution in [2.24, 2.45) is 0 Å². The van der Waals surface area contributed by atoms with E-state index in [9.17, 15) is 9.59 Å². The van der Waals surface area contributed by atoms with Gasteiger partial charge in [0.1, 0.15) is 5.37 Å². The van der Waals surface area contributed by atoms with Crippen LogP contribution >= 0.6 is 23.4 Å². The maximum absolute atomic E-state index is 12.8. The van der Waals surface area contributed by atoms with Gasteiger partial charge in [-0.05, 0) is 72.4 Å². The van der Waals surface area contributed by atoms with E-state index >= 15 is 0 Å². The number of halogens is 1. The smallest absolute Gasteiger partial charge is 0.251 e. The standard InChI is InChI=1S/C29H30ClN3O2S/c30-25-12-4-22(5-13-25)19-33-27(34)20-36-29(33)24-10-8-23(9-11-24)28(35)31-18-21-6-14-26(15-7-21)32-16-2-1-3-17-32/h4-15,29H,1-3,16-20H2,(H,31,35)/t29-/m1/s1. The topological polar surface area (TPSA) is 52.7 Å². The third kappa shape index (κ3) is 5.88. The molecule has 5 nitrogen and oxygen atoms in total. The lowest BCUT2D eigenvalue weighted by Gasteiger charge is -2.28. The molecule has 186 valence electrons. The number of hydrogen-bond acceptors (Lipinski definition) is 4. The van der Waals surface area contributed by atoms with E-state index in [0.29, 0.717) is 29.4 Å². The van der Waals surface area contributed by atoms with Crippen LogP contribution in [0, 0.1) is 0 Å². The second-order valence-corrected chi connectivity index (χ2v) is 10.8. The lowest BCUT2D eigenvalue weighted by Crippen LogP contribution is -2.29. The highest BCUT2D eigenvalue weighted by Gasteiger charge is 2.32. The van der Waals surface area contributed by atoms with Gasteiger partial charge < -0.3 is 15.1 Å². The van der Waals surface area contributed by atoms with Crippen LogP contribution in [0.5, 0.6) is 0 Å². The molecule has 5 rings (SSSR count). The van der Waals surface area contributed by atoms with Gasteiger partial charge >= 0.3 is 0 Å². The van der Waals surface area contributed by atoms with Crippen molar-refractivity contribution in [1.29, 1.82) is 0 Å². The molecule has 3 aromatic rings. The monoisotopic (exact) mass is 519 g/mol. The summed E-state index contributed by atoms with van der Waals surface area (Å²) in [7, 11) is 0. The van der Waals surface area contributed by atoms with Crippen LogP contribution in [0.25, 0.3) is 0 Å². The number of nitrogens with zero attached hydrogens (tertiary/aromatic N) is 2. The SMILES string of the molecule is O=C(NCc1ccc(N2CCCCC2)cc1)c1ccc([C@H]2SCC(=O)N2Cc2ccc(Cl)cc2)cc1. The van der Waals surface area contributed by atoms with Crippen LogP contribution in [0.2, 0.25) is 5.02 Å². The Morgan fingerprint density at radius 1 is 0.889 bits per heavy atom. The van der Waals surface area contributed by atoms with Crippen molar-refractivity contribution in [1.82, 2.24) is 10.2 Å². The average molecular weight is 520 g/mol. The zero-order valence-corrected chi connectivity index (χ0v) is 21.7. The second-order valence-electron chi connectivity index (χ2n) is 9.33. The summed E-state index contributed by atoms with van der Waals surface area (Å²) in [6.07, 6.45) is 3.83. The van der Waals surface area contributed by atoms with E-state index in [-0.39, 0.29) is 17.2 Å². The van der Waals surface area contributed by atoms with Crippen LogP contribution in [0.15, 0.2) is 72.8 Å². The molecule has 0 spiro atoms. The lowest BCUT2D eigenvalue weighted by molar-refractivity contribution is -0.128. The Morgan fingerprint density at radius 3 is 2.25 bits per heavy atom. The van der Waals surface area contributed by atoms with E-state index in [1.165, 1.54) is 24.9 Å². The number of piperidine rings is 1. The molecule has 2 aliphatic rings. The van der Waals surface area contributed by atoms with Crippen LogP contribution in [0.4, 0.5) is 5.69 Å². The number of benzene rings is 3. The normalized spacial score (nSPS) is 17.9. The van der Waals surface area contributed by atoms with Crippen LogP contribution in [0.1, 0.15) is 51.7 Å². The van der Waals surface area contributed by atoms with Gasteiger partial charge in [-0.1, -0.05) is 48.0 Å². The number of carbonyl (C=O) groups is 2. The van der Waals surface area contributed by atoms with Gasteiger partial charge in [0.15, 0.2) is 0 Å². The summed E-state index contributed by atoms with van der Waals surface area (Å²) in [5, 5.41) is 3.64. The average Bonchev–Trinajstić information content (AvgIpc) is 3.29. The molecule has 0 saturated carbocycles. The Hall–Kier alpha value is -2.96. The third-order valence-corrected chi connectivity index (χ3v) is 8.31. The Labute approximate surface area is 221 Å². The molecule has 2 fully saturated rings. The molecular formula is C29H30ClN3O2S. The van der Waals surface area contributed by atoms with Crippen molar-refractivity contribution in [3.8, 4) is 0 Å². The van der Waals surface area contributed by atoms with Gasteiger partial charge in [0.2, 0.25) is 5.91 Å². The van der Waals surface area contributed by atoms with E-state index in [1.54, 1.807) is 11.8 Å². The number of hydrogen-bond donors (Lipinski definition) is 1. The molecule has 0 radical (unpaired) electrons. The van der Waals surface area contributed by atoms with E-state index < -0.39 is 0 Å². The minimum Gasteiger partial charge on any atom is -0.372 e. The van der Waals surface area contributed by atoms with Crippen LogP contribution in [-0.4, -0.2) is 35.6 Å². The molecular weight excluding hydrogens is 490 g/mol. The molecule has 0 unspecified atom stereocenters. The maximum Gasteiger partial charge on any atom is 0.251 e. The zero-order chi connectivity index (χ0) is 24.9. The van der Waals surface area contributed by atoms with Gasteiger partial charge in [-0.2, -0.15) is 0 Å². The third-order valence-electron chi connectivity index (χ3n) is 6.80. The molecule has 7 heteroatoms. The maximum atomic E-state index is 12.8. The molecule has 1 atom stereocenters. The quantitative estimate of drug-likeness (QED) is 0.414. The number of amides is 2. The first-order valence-corrected chi connectivity index (χ1v) is 13.9.